The normalized spacial score (nSPS) is 10.7. The van der Waals surface area contributed by atoms with Crippen molar-refractivity contribution in [3.8, 4) is 34.1 Å². The third-order valence-corrected chi connectivity index (χ3v) is 5.25. The fraction of sp³-hybridized carbons (Fsp3) is 0.273. The van der Waals surface area contributed by atoms with Gasteiger partial charge in [-0.2, -0.15) is 0 Å². The monoisotopic (exact) mass is 459 g/mol. The highest BCUT2D eigenvalue weighted by atomic mass is 79.9. The van der Waals surface area contributed by atoms with E-state index < -0.39 is 0 Å². The van der Waals surface area contributed by atoms with Gasteiger partial charge in [-0.05, 0) is 30.7 Å². The number of benzene rings is 2. The number of nitrogens with zero attached hydrogens (tertiary/aromatic N) is 1. The van der Waals surface area contributed by atoms with Crippen molar-refractivity contribution in [1.82, 2.24) is 4.98 Å². The van der Waals surface area contributed by atoms with E-state index in [-0.39, 0.29) is 5.78 Å². The van der Waals surface area contributed by atoms with E-state index in [0.29, 0.717) is 45.1 Å². The first-order chi connectivity index (χ1) is 14.0. The van der Waals surface area contributed by atoms with Gasteiger partial charge in [-0.1, -0.05) is 22.0 Å². The first kappa shape index (κ1) is 20.9. The molecule has 3 aromatic rings. The highest BCUT2D eigenvalue weighted by Crippen LogP contribution is 2.41. The quantitative estimate of drug-likeness (QED) is 0.364. The second-order valence-electron chi connectivity index (χ2n) is 6.29. The van der Waals surface area contributed by atoms with Gasteiger partial charge in [-0.25, -0.2) is 0 Å². The number of alkyl halides is 1. The molecular weight excluding hydrogens is 438 g/mol. The van der Waals surface area contributed by atoms with E-state index in [1.807, 2.05) is 30.3 Å². The number of ether oxygens (including phenoxy) is 4. The summed E-state index contributed by atoms with van der Waals surface area (Å²) in [7, 11) is 6.32. The Bertz CT molecular complexity index is 1080. The van der Waals surface area contributed by atoms with Crippen LogP contribution >= 0.6 is 15.9 Å². The molecule has 0 aliphatic carbocycles. The molecule has 0 spiro atoms. The second kappa shape index (κ2) is 8.69. The zero-order valence-corrected chi connectivity index (χ0v) is 18.5. The van der Waals surface area contributed by atoms with E-state index in [2.05, 4.69) is 15.9 Å². The summed E-state index contributed by atoms with van der Waals surface area (Å²) in [5.41, 5.74) is 3.48. The Morgan fingerprint density at radius 2 is 1.48 bits per heavy atom. The highest BCUT2D eigenvalue weighted by Gasteiger charge is 2.22. The molecule has 0 fully saturated rings. The maximum absolute atomic E-state index is 12.6. The van der Waals surface area contributed by atoms with Gasteiger partial charge in [0.15, 0.2) is 28.8 Å². The van der Waals surface area contributed by atoms with E-state index in [9.17, 15) is 4.79 Å². The molecule has 0 saturated carbocycles. The van der Waals surface area contributed by atoms with Crippen LogP contribution in [0.25, 0.3) is 22.0 Å². The first-order valence-corrected chi connectivity index (χ1v) is 9.99. The molecule has 0 aliphatic heterocycles. The predicted octanol–water partition coefficient (Wildman–Crippen LogP) is 5.03. The number of carbonyl (C=O) groups is 1. The topological polar surface area (TPSA) is 66.9 Å². The van der Waals surface area contributed by atoms with Gasteiger partial charge in [0, 0.05) is 27.9 Å². The number of aromatic nitrogens is 1. The Morgan fingerprint density at radius 3 is 2.03 bits per heavy atom. The number of halogens is 1. The van der Waals surface area contributed by atoms with Crippen LogP contribution in [0.2, 0.25) is 0 Å². The minimum Gasteiger partial charge on any atom is -0.493 e. The fourth-order valence-electron chi connectivity index (χ4n) is 3.41. The van der Waals surface area contributed by atoms with Gasteiger partial charge in [-0.3, -0.25) is 9.78 Å². The van der Waals surface area contributed by atoms with Crippen molar-refractivity contribution in [3.05, 3.63) is 41.6 Å². The fourth-order valence-corrected chi connectivity index (χ4v) is 3.81. The van der Waals surface area contributed by atoms with Crippen molar-refractivity contribution in [2.24, 2.45) is 0 Å². The Morgan fingerprint density at radius 1 is 0.897 bits per heavy atom. The number of methoxy groups -OCH3 is 4. The van der Waals surface area contributed by atoms with Gasteiger partial charge in [0.25, 0.3) is 0 Å². The van der Waals surface area contributed by atoms with Gasteiger partial charge >= 0.3 is 0 Å². The maximum Gasteiger partial charge on any atom is 0.162 e. The van der Waals surface area contributed by atoms with Crippen LogP contribution in [0.1, 0.15) is 23.0 Å². The first-order valence-electron chi connectivity index (χ1n) is 8.86. The zero-order chi connectivity index (χ0) is 21.1. The molecule has 0 amide bonds. The smallest absolute Gasteiger partial charge is 0.162 e. The second-order valence-corrected chi connectivity index (χ2v) is 6.85. The summed E-state index contributed by atoms with van der Waals surface area (Å²) in [6.45, 7) is 1.54. The van der Waals surface area contributed by atoms with Crippen LogP contribution in [0.15, 0.2) is 30.3 Å². The Labute approximate surface area is 177 Å². The molecule has 2 aromatic carbocycles. The van der Waals surface area contributed by atoms with E-state index >= 15 is 0 Å². The van der Waals surface area contributed by atoms with Gasteiger partial charge in [0.2, 0.25) is 0 Å². The van der Waals surface area contributed by atoms with Gasteiger partial charge in [-0.15, -0.1) is 0 Å². The molecule has 0 bridgehead atoms. The van der Waals surface area contributed by atoms with Crippen molar-refractivity contribution >= 4 is 32.6 Å². The zero-order valence-electron chi connectivity index (χ0n) is 17.0. The van der Waals surface area contributed by atoms with Crippen LogP contribution in [0.3, 0.4) is 0 Å². The predicted molar refractivity (Wildman–Crippen MR) is 116 cm³/mol. The number of carbonyl (C=O) groups excluding carboxylic acids is 1. The Balaban J connectivity index is 2.47. The summed E-state index contributed by atoms with van der Waals surface area (Å²) in [5, 5.41) is 1.22. The van der Waals surface area contributed by atoms with Crippen LogP contribution in [0.5, 0.6) is 23.0 Å². The van der Waals surface area contributed by atoms with Crippen LogP contribution < -0.4 is 18.9 Å². The SMILES string of the molecule is COc1ccc(-c2c(C(C)=O)c(CBr)nc3cc(OC)c(OC)cc23)cc1OC. The average Bonchev–Trinajstić information content (AvgIpc) is 2.75. The lowest BCUT2D eigenvalue weighted by atomic mass is 9.92. The number of hydrogen-bond donors (Lipinski definition) is 0. The van der Waals surface area contributed by atoms with Crippen molar-refractivity contribution < 1.29 is 23.7 Å². The van der Waals surface area contributed by atoms with Crippen LogP contribution in [0.4, 0.5) is 0 Å². The van der Waals surface area contributed by atoms with Crippen LogP contribution in [-0.2, 0) is 5.33 Å². The molecule has 3 rings (SSSR count). The van der Waals surface area contributed by atoms with Crippen molar-refractivity contribution in [1.29, 1.82) is 0 Å². The number of ketones is 1. The van der Waals surface area contributed by atoms with Gasteiger partial charge in [0.1, 0.15) is 0 Å². The van der Waals surface area contributed by atoms with Gasteiger partial charge < -0.3 is 18.9 Å². The molecule has 6 nitrogen and oxygen atoms in total. The summed E-state index contributed by atoms with van der Waals surface area (Å²) in [4.78, 5) is 17.3. The Hall–Kier alpha value is -2.80. The average molecular weight is 460 g/mol. The molecule has 0 atom stereocenters. The number of fused-ring (bicyclic) bond motifs is 1. The van der Waals surface area contributed by atoms with E-state index in [1.165, 1.54) is 0 Å². The van der Waals surface area contributed by atoms with Gasteiger partial charge in [0.05, 0.1) is 39.6 Å². The van der Waals surface area contributed by atoms with E-state index in [4.69, 9.17) is 23.9 Å². The van der Waals surface area contributed by atoms with Crippen LogP contribution in [-0.4, -0.2) is 39.2 Å². The summed E-state index contributed by atoms with van der Waals surface area (Å²) >= 11 is 3.47. The minimum absolute atomic E-state index is 0.0755. The molecule has 0 saturated heterocycles. The molecule has 1 aromatic heterocycles. The molecular formula is C22H22BrNO5. The highest BCUT2D eigenvalue weighted by molar-refractivity contribution is 9.08. The summed E-state index contributed by atoms with van der Waals surface area (Å²) < 4.78 is 21.7. The largest absolute Gasteiger partial charge is 0.493 e. The standard InChI is InChI=1S/C22H22BrNO5/c1-12(25)21-16(11-23)24-15-10-20(29-5)19(28-4)9-14(15)22(21)13-6-7-17(26-2)18(8-13)27-3/h6-10H,11H2,1-5H3. The lowest BCUT2D eigenvalue weighted by Gasteiger charge is -2.18. The molecule has 0 aliphatic rings. The summed E-state index contributed by atoms with van der Waals surface area (Å²) in [5.74, 6) is 2.24. The maximum atomic E-state index is 12.6. The summed E-state index contributed by atoms with van der Waals surface area (Å²) in [6.07, 6.45) is 0. The molecule has 29 heavy (non-hydrogen) atoms. The lowest BCUT2D eigenvalue weighted by Crippen LogP contribution is -2.06. The Kier molecular flexibility index (Phi) is 6.27. The molecule has 7 heteroatoms. The molecule has 0 unspecified atom stereocenters. The summed E-state index contributed by atoms with van der Waals surface area (Å²) in [6, 6.07) is 9.23. The lowest BCUT2D eigenvalue weighted by molar-refractivity contribution is 0.101. The molecule has 0 N–H and O–H groups in total. The third kappa shape index (κ3) is 3.74. The van der Waals surface area contributed by atoms with Crippen LogP contribution in [0, 0.1) is 0 Å². The minimum atomic E-state index is -0.0755. The number of rotatable bonds is 7. The number of Topliss-reactive ketones (excluding diaryl/α,β-unsaturated/α-hetero) is 1. The van der Waals surface area contributed by atoms with Crippen molar-refractivity contribution in [2.45, 2.75) is 12.3 Å². The van der Waals surface area contributed by atoms with Crippen molar-refractivity contribution in [3.63, 3.8) is 0 Å². The molecule has 0 radical (unpaired) electrons. The third-order valence-electron chi connectivity index (χ3n) is 4.72. The molecule has 1 heterocycles. The van der Waals surface area contributed by atoms with E-state index in [1.54, 1.807) is 35.4 Å². The molecule has 152 valence electrons. The number of pyridine rings is 1. The van der Waals surface area contributed by atoms with E-state index in [0.717, 1.165) is 16.5 Å². The number of hydrogen-bond acceptors (Lipinski definition) is 6. The van der Waals surface area contributed by atoms with Crippen molar-refractivity contribution in [2.75, 3.05) is 28.4 Å².